The average Bonchev–Trinajstić information content (AvgIpc) is 2.98. The molecule has 4 nitrogen and oxygen atoms in total. The van der Waals surface area contributed by atoms with Crippen molar-refractivity contribution >= 4 is 11.3 Å². The number of thiophene rings is 1. The summed E-state index contributed by atoms with van der Waals surface area (Å²) in [7, 11) is 0. The Kier molecular flexibility index (Phi) is 6.01. The van der Waals surface area contributed by atoms with E-state index in [-0.39, 0.29) is 5.92 Å². The van der Waals surface area contributed by atoms with E-state index in [0.29, 0.717) is 12.8 Å². The lowest BCUT2D eigenvalue weighted by Crippen LogP contribution is -2.47. The van der Waals surface area contributed by atoms with Gasteiger partial charge in [0, 0.05) is 50.6 Å². The Labute approximate surface area is 124 Å². The fourth-order valence-corrected chi connectivity index (χ4v) is 3.25. The van der Waals surface area contributed by atoms with Crippen molar-refractivity contribution in [3.8, 4) is 12.1 Å². The fourth-order valence-electron chi connectivity index (χ4n) is 2.50. The molecule has 0 bridgehead atoms. The molecule has 0 aromatic carbocycles. The molecule has 1 aromatic heterocycles. The molecule has 0 saturated carbocycles. The molecule has 1 atom stereocenters. The summed E-state index contributed by atoms with van der Waals surface area (Å²) in [5, 5.41) is 19.8. The van der Waals surface area contributed by atoms with Crippen molar-refractivity contribution < 1.29 is 0 Å². The van der Waals surface area contributed by atoms with Gasteiger partial charge in [-0.15, -0.1) is 11.3 Å². The van der Waals surface area contributed by atoms with Crippen LogP contribution in [0.15, 0.2) is 17.5 Å². The number of nitrogens with zero attached hydrogens (tertiary/aromatic N) is 4. The van der Waals surface area contributed by atoms with E-state index in [1.807, 2.05) is 11.3 Å². The monoisotopic (exact) mass is 288 g/mol. The summed E-state index contributed by atoms with van der Waals surface area (Å²) >= 11 is 1.81. The molecule has 106 valence electrons. The highest BCUT2D eigenvalue weighted by molar-refractivity contribution is 7.09. The molecule has 0 amide bonds. The summed E-state index contributed by atoms with van der Waals surface area (Å²) in [6.07, 6.45) is 1.18. The minimum absolute atomic E-state index is 0.00139. The molecule has 1 fully saturated rings. The maximum Gasteiger partial charge on any atom is 0.0669 e. The topological polar surface area (TPSA) is 54.1 Å². The first-order valence-electron chi connectivity index (χ1n) is 7.05. The first-order chi connectivity index (χ1) is 9.81. The minimum atomic E-state index is -0.00139. The second kappa shape index (κ2) is 8.01. The van der Waals surface area contributed by atoms with Crippen LogP contribution in [0, 0.1) is 28.6 Å². The molecular weight excluding hydrogens is 268 g/mol. The molecule has 1 aliphatic rings. The first kappa shape index (κ1) is 15.0. The SMILES string of the molecule is N#CCC[C@@H](C#N)CN1CCN(Cc2cccs2)CC1. The zero-order chi connectivity index (χ0) is 14.2. The molecule has 0 aliphatic carbocycles. The molecule has 0 N–H and O–H groups in total. The second-order valence-electron chi connectivity index (χ2n) is 5.18. The van der Waals surface area contributed by atoms with E-state index in [1.54, 1.807) is 0 Å². The summed E-state index contributed by atoms with van der Waals surface area (Å²) in [4.78, 5) is 6.25. The lowest BCUT2D eigenvalue weighted by Gasteiger charge is -2.35. The van der Waals surface area contributed by atoms with Gasteiger partial charge < -0.3 is 0 Å². The normalized spacial score (nSPS) is 18.3. The van der Waals surface area contributed by atoms with E-state index in [9.17, 15) is 0 Å². The Morgan fingerprint density at radius 3 is 2.55 bits per heavy atom. The summed E-state index contributed by atoms with van der Waals surface area (Å²) in [6.45, 7) is 6.03. The molecule has 20 heavy (non-hydrogen) atoms. The molecule has 0 radical (unpaired) electrons. The van der Waals surface area contributed by atoms with Gasteiger partial charge in [-0.05, 0) is 17.9 Å². The van der Waals surface area contributed by atoms with Crippen LogP contribution < -0.4 is 0 Å². The van der Waals surface area contributed by atoms with Crippen LogP contribution >= 0.6 is 11.3 Å². The van der Waals surface area contributed by atoms with Gasteiger partial charge in [-0.2, -0.15) is 10.5 Å². The number of hydrogen-bond acceptors (Lipinski definition) is 5. The third kappa shape index (κ3) is 4.61. The highest BCUT2D eigenvalue weighted by atomic mass is 32.1. The van der Waals surface area contributed by atoms with Gasteiger partial charge in [0.1, 0.15) is 0 Å². The molecule has 0 unspecified atom stereocenters. The van der Waals surface area contributed by atoms with Crippen molar-refractivity contribution in [1.82, 2.24) is 9.80 Å². The Morgan fingerprint density at radius 1 is 1.20 bits per heavy atom. The zero-order valence-corrected chi connectivity index (χ0v) is 12.5. The van der Waals surface area contributed by atoms with Crippen LogP contribution in [0.1, 0.15) is 17.7 Å². The average molecular weight is 288 g/mol. The molecule has 2 heterocycles. The van der Waals surface area contributed by atoms with Crippen molar-refractivity contribution in [3.05, 3.63) is 22.4 Å². The Morgan fingerprint density at radius 2 is 1.95 bits per heavy atom. The fraction of sp³-hybridized carbons (Fsp3) is 0.600. The maximum atomic E-state index is 9.11. The lowest BCUT2D eigenvalue weighted by atomic mass is 10.0. The predicted molar refractivity (Wildman–Crippen MR) is 80.0 cm³/mol. The van der Waals surface area contributed by atoms with E-state index in [4.69, 9.17) is 10.5 Å². The Hall–Kier alpha value is -1.40. The van der Waals surface area contributed by atoms with Gasteiger partial charge in [0.05, 0.1) is 18.1 Å². The predicted octanol–water partition coefficient (Wildman–Crippen LogP) is 2.31. The summed E-state index contributed by atoms with van der Waals surface area (Å²) in [6, 6.07) is 8.74. The zero-order valence-electron chi connectivity index (χ0n) is 11.7. The maximum absolute atomic E-state index is 9.11. The third-order valence-electron chi connectivity index (χ3n) is 3.69. The molecule has 1 aromatic rings. The van der Waals surface area contributed by atoms with E-state index in [0.717, 1.165) is 39.3 Å². The first-order valence-corrected chi connectivity index (χ1v) is 7.93. The summed E-state index contributed by atoms with van der Waals surface area (Å²) < 4.78 is 0. The van der Waals surface area contributed by atoms with Gasteiger partial charge in [0.2, 0.25) is 0 Å². The highest BCUT2D eigenvalue weighted by Gasteiger charge is 2.20. The smallest absolute Gasteiger partial charge is 0.0669 e. The molecule has 1 saturated heterocycles. The summed E-state index contributed by atoms with van der Waals surface area (Å²) in [5.41, 5.74) is 0. The van der Waals surface area contributed by atoms with Crippen LogP contribution in [-0.2, 0) is 6.54 Å². The van der Waals surface area contributed by atoms with E-state index in [2.05, 4.69) is 39.5 Å². The lowest BCUT2D eigenvalue weighted by molar-refractivity contribution is 0.119. The van der Waals surface area contributed by atoms with Crippen molar-refractivity contribution in [1.29, 1.82) is 10.5 Å². The Balaban J connectivity index is 1.71. The summed E-state index contributed by atoms with van der Waals surface area (Å²) in [5.74, 6) is -0.00139. The molecule has 5 heteroatoms. The van der Waals surface area contributed by atoms with Crippen molar-refractivity contribution in [2.24, 2.45) is 5.92 Å². The van der Waals surface area contributed by atoms with Gasteiger partial charge in [-0.3, -0.25) is 9.80 Å². The number of piperazine rings is 1. The molecule has 2 rings (SSSR count). The standard InChI is InChI=1S/C15H20N4S/c16-5-1-3-14(11-17)12-18-6-8-19(9-7-18)13-15-4-2-10-20-15/h2,4,10,14H,1,3,6-9,12-13H2/t14-/m0/s1. The van der Waals surface area contributed by atoms with Crippen LogP contribution in [0.4, 0.5) is 0 Å². The van der Waals surface area contributed by atoms with Crippen LogP contribution in [0.2, 0.25) is 0 Å². The van der Waals surface area contributed by atoms with E-state index >= 15 is 0 Å². The highest BCUT2D eigenvalue weighted by Crippen LogP contribution is 2.15. The van der Waals surface area contributed by atoms with Gasteiger partial charge >= 0.3 is 0 Å². The van der Waals surface area contributed by atoms with Gasteiger partial charge in [-0.1, -0.05) is 6.07 Å². The number of hydrogen-bond donors (Lipinski definition) is 0. The number of nitriles is 2. The second-order valence-corrected chi connectivity index (χ2v) is 6.21. The third-order valence-corrected chi connectivity index (χ3v) is 4.55. The van der Waals surface area contributed by atoms with Crippen molar-refractivity contribution in [3.63, 3.8) is 0 Å². The van der Waals surface area contributed by atoms with Crippen molar-refractivity contribution in [2.45, 2.75) is 19.4 Å². The molecule has 0 spiro atoms. The van der Waals surface area contributed by atoms with E-state index < -0.39 is 0 Å². The van der Waals surface area contributed by atoms with Gasteiger partial charge in [-0.25, -0.2) is 0 Å². The van der Waals surface area contributed by atoms with Crippen LogP contribution in [0.5, 0.6) is 0 Å². The number of rotatable bonds is 6. The minimum Gasteiger partial charge on any atom is -0.299 e. The van der Waals surface area contributed by atoms with Crippen LogP contribution in [0.25, 0.3) is 0 Å². The van der Waals surface area contributed by atoms with Crippen LogP contribution in [-0.4, -0.2) is 42.5 Å². The van der Waals surface area contributed by atoms with Gasteiger partial charge in [0.15, 0.2) is 0 Å². The Bertz CT molecular complexity index is 463. The van der Waals surface area contributed by atoms with Crippen LogP contribution in [0.3, 0.4) is 0 Å². The molecule has 1 aliphatic heterocycles. The van der Waals surface area contributed by atoms with Gasteiger partial charge in [0.25, 0.3) is 0 Å². The van der Waals surface area contributed by atoms with E-state index in [1.165, 1.54) is 4.88 Å². The molecular formula is C15H20N4S. The van der Waals surface area contributed by atoms with Crippen molar-refractivity contribution in [2.75, 3.05) is 32.7 Å². The largest absolute Gasteiger partial charge is 0.299 e. The quantitative estimate of drug-likeness (QED) is 0.806.